The molecule has 1 unspecified atom stereocenters. The number of hydrogen-bond acceptors (Lipinski definition) is 5. The highest BCUT2D eigenvalue weighted by Gasteiger charge is 2.29. The minimum atomic E-state index is -0.362. The average Bonchev–Trinajstić information content (AvgIpc) is 3.22. The summed E-state index contributed by atoms with van der Waals surface area (Å²) in [5.74, 6) is -0.982. The molecule has 0 aliphatic carbocycles. The van der Waals surface area contributed by atoms with Gasteiger partial charge in [0.2, 0.25) is 11.8 Å². The van der Waals surface area contributed by atoms with E-state index in [2.05, 4.69) is 10.4 Å². The molecule has 1 fully saturated rings. The van der Waals surface area contributed by atoms with Gasteiger partial charge in [0.25, 0.3) is 0 Å². The molecule has 0 saturated carbocycles. The van der Waals surface area contributed by atoms with Gasteiger partial charge in [0, 0.05) is 37.4 Å². The molecule has 2 aromatic rings. The van der Waals surface area contributed by atoms with E-state index in [0.29, 0.717) is 37.6 Å². The zero-order valence-corrected chi connectivity index (χ0v) is 20.3. The van der Waals surface area contributed by atoms with Crippen molar-refractivity contribution < 1.29 is 23.5 Å². The Kier molecular flexibility index (Phi) is 8.06. The van der Waals surface area contributed by atoms with Gasteiger partial charge in [0.15, 0.2) is 0 Å². The predicted octanol–water partition coefficient (Wildman–Crippen LogP) is 3.83. The minimum absolute atomic E-state index is 0.00114. The molecule has 8 nitrogen and oxygen atoms in total. The topological polar surface area (TPSA) is 93.5 Å². The van der Waals surface area contributed by atoms with Gasteiger partial charge in [0.05, 0.1) is 23.9 Å². The molecule has 34 heavy (non-hydrogen) atoms. The van der Waals surface area contributed by atoms with E-state index in [1.165, 1.54) is 12.1 Å². The number of carbonyl (C=O) groups is 3. The minimum Gasteiger partial charge on any atom is -0.466 e. The van der Waals surface area contributed by atoms with Crippen LogP contribution in [0.2, 0.25) is 0 Å². The van der Waals surface area contributed by atoms with Gasteiger partial charge in [0.1, 0.15) is 11.6 Å². The SMILES string of the molecule is CCOC(=O)C1CCCN(C(=O)CCC(=O)Nc2cc(C(C)(C)C)nn2-c2ccc(F)cc2)C1. The molecular formula is C25H33FN4O4. The number of likely N-dealkylation sites (tertiary alicyclic amines) is 1. The highest BCUT2D eigenvalue weighted by atomic mass is 19.1. The number of halogens is 1. The van der Waals surface area contributed by atoms with E-state index in [9.17, 15) is 18.8 Å². The van der Waals surface area contributed by atoms with Crippen LogP contribution >= 0.6 is 0 Å². The maximum atomic E-state index is 13.4. The number of nitrogens with one attached hydrogen (secondary N) is 1. The van der Waals surface area contributed by atoms with Crippen LogP contribution in [0.3, 0.4) is 0 Å². The van der Waals surface area contributed by atoms with Gasteiger partial charge in [-0.15, -0.1) is 0 Å². The molecule has 0 bridgehead atoms. The highest BCUT2D eigenvalue weighted by molar-refractivity contribution is 5.93. The van der Waals surface area contributed by atoms with Crippen LogP contribution in [0.25, 0.3) is 5.69 Å². The Labute approximate surface area is 199 Å². The molecule has 1 aliphatic heterocycles. The zero-order chi connectivity index (χ0) is 24.9. The normalized spacial score (nSPS) is 16.3. The van der Waals surface area contributed by atoms with Crippen LogP contribution in [0.4, 0.5) is 10.2 Å². The first-order valence-corrected chi connectivity index (χ1v) is 11.7. The van der Waals surface area contributed by atoms with Crippen LogP contribution in [-0.4, -0.2) is 52.2 Å². The van der Waals surface area contributed by atoms with Gasteiger partial charge in [-0.2, -0.15) is 5.10 Å². The number of benzene rings is 1. The fraction of sp³-hybridized carbons (Fsp3) is 0.520. The first-order chi connectivity index (χ1) is 16.1. The Bertz CT molecular complexity index is 1030. The number of nitrogens with zero attached hydrogens (tertiary/aromatic N) is 3. The van der Waals surface area contributed by atoms with Crippen LogP contribution < -0.4 is 5.32 Å². The second-order valence-corrected chi connectivity index (χ2v) is 9.53. The Balaban J connectivity index is 1.64. The number of esters is 1. The van der Waals surface area contributed by atoms with Crippen LogP contribution in [0.5, 0.6) is 0 Å². The molecule has 1 N–H and O–H groups in total. The molecule has 184 valence electrons. The van der Waals surface area contributed by atoms with Crippen molar-refractivity contribution in [2.45, 2.75) is 58.8 Å². The van der Waals surface area contributed by atoms with E-state index in [1.54, 1.807) is 34.7 Å². The summed E-state index contributed by atoms with van der Waals surface area (Å²) >= 11 is 0. The third-order valence-electron chi connectivity index (χ3n) is 5.78. The molecule has 2 amide bonds. The van der Waals surface area contributed by atoms with Crippen molar-refractivity contribution in [3.05, 3.63) is 41.8 Å². The Hall–Kier alpha value is -3.23. The number of ether oxygens (including phenoxy) is 1. The van der Waals surface area contributed by atoms with Crippen molar-refractivity contribution in [1.82, 2.24) is 14.7 Å². The van der Waals surface area contributed by atoms with Crippen molar-refractivity contribution >= 4 is 23.6 Å². The van der Waals surface area contributed by atoms with Crippen molar-refractivity contribution in [3.63, 3.8) is 0 Å². The summed E-state index contributed by atoms with van der Waals surface area (Å²) in [7, 11) is 0. The predicted molar refractivity (Wildman–Crippen MR) is 126 cm³/mol. The van der Waals surface area contributed by atoms with E-state index in [1.807, 2.05) is 20.8 Å². The van der Waals surface area contributed by atoms with Gasteiger partial charge in [-0.25, -0.2) is 9.07 Å². The number of amides is 2. The summed E-state index contributed by atoms with van der Waals surface area (Å²) in [6, 6.07) is 7.63. The van der Waals surface area contributed by atoms with Crippen LogP contribution in [0.15, 0.2) is 30.3 Å². The summed E-state index contributed by atoms with van der Waals surface area (Å²) < 4.78 is 20.0. The largest absolute Gasteiger partial charge is 0.466 e. The van der Waals surface area contributed by atoms with E-state index < -0.39 is 0 Å². The van der Waals surface area contributed by atoms with Crippen LogP contribution in [0, 0.1) is 11.7 Å². The van der Waals surface area contributed by atoms with Crippen molar-refractivity contribution in [1.29, 1.82) is 0 Å². The van der Waals surface area contributed by atoms with Gasteiger partial charge in [-0.1, -0.05) is 20.8 Å². The quantitative estimate of drug-likeness (QED) is 0.618. The Morgan fingerprint density at radius 3 is 2.53 bits per heavy atom. The third-order valence-corrected chi connectivity index (χ3v) is 5.78. The molecular weight excluding hydrogens is 439 g/mol. The van der Waals surface area contributed by atoms with Gasteiger partial charge >= 0.3 is 5.97 Å². The molecule has 1 atom stereocenters. The van der Waals surface area contributed by atoms with Gasteiger partial charge in [-0.05, 0) is 44.0 Å². The fourth-order valence-electron chi connectivity index (χ4n) is 3.86. The molecule has 2 heterocycles. The summed E-state index contributed by atoms with van der Waals surface area (Å²) in [5.41, 5.74) is 1.12. The average molecular weight is 473 g/mol. The fourth-order valence-corrected chi connectivity index (χ4v) is 3.86. The first-order valence-electron chi connectivity index (χ1n) is 11.7. The van der Waals surface area contributed by atoms with Crippen molar-refractivity contribution in [2.24, 2.45) is 5.92 Å². The number of hydrogen-bond donors (Lipinski definition) is 1. The Morgan fingerprint density at radius 1 is 1.18 bits per heavy atom. The van der Waals surface area contributed by atoms with Crippen molar-refractivity contribution in [3.8, 4) is 5.69 Å². The summed E-state index contributed by atoms with van der Waals surface area (Å²) in [4.78, 5) is 39.0. The molecule has 9 heteroatoms. The monoisotopic (exact) mass is 472 g/mol. The molecule has 3 rings (SSSR count). The number of carbonyl (C=O) groups excluding carboxylic acids is 3. The Morgan fingerprint density at radius 2 is 1.88 bits per heavy atom. The van der Waals surface area contributed by atoms with E-state index in [-0.39, 0.29) is 47.8 Å². The second kappa shape index (κ2) is 10.8. The smallest absolute Gasteiger partial charge is 0.310 e. The third kappa shape index (κ3) is 6.42. The maximum absolute atomic E-state index is 13.4. The van der Waals surface area contributed by atoms with Crippen LogP contribution in [-0.2, 0) is 24.5 Å². The second-order valence-electron chi connectivity index (χ2n) is 9.53. The van der Waals surface area contributed by atoms with E-state index in [0.717, 1.165) is 12.1 Å². The number of piperidine rings is 1. The summed E-state index contributed by atoms with van der Waals surface area (Å²) in [6.07, 6.45) is 1.47. The van der Waals surface area contributed by atoms with Gasteiger partial charge < -0.3 is 15.0 Å². The zero-order valence-electron chi connectivity index (χ0n) is 20.3. The van der Waals surface area contributed by atoms with Gasteiger partial charge in [-0.3, -0.25) is 14.4 Å². The van der Waals surface area contributed by atoms with Crippen LogP contribution in [0.1, 0.15) is 59.1 Å². The summed E-state index contributed by atoms with van der Waals surface area (Å²) in [6.45, 7) is 9.00. The molecule has 1 aliphatic rings. The van der Waals surface area contributed by atoms with Crippen molar-refractivity contribution in [2.75, 3.05) is 25.0 Å². The van der Waals surface area contributed by atoms with E-state index >= 15 is 0 Å². The number of anilines is 1. The first kappa shape index (κ1) is 25.4. The number of rotatable bonds is 7. The maximum Gasteiger partial charge on any atom is 0.310 e. The lowest BCUT2D eigenvalue weighted by molar-refractivity contribution is -0.151. The lowest BCUT2D eigenvalue weighted by atomic mass is 9.92. The highest BCUT2D eigenvalue weighted by Crippen LogP contribution is 2.27. The molecule has 1 aromatic carbocycles. The molecule has 1 aromatic heterocycles. The van der Waals surface area contributed by atoms with E-state index in [4.69, 9.17) is 4.74 Å². The number of aromatic nitrogens is 2. The molecule has 0 radical (unpaired) electrons. The lowest BCUT2D eigenvalue weighted by Crippen LogP contribution is -2.43. The molecule has 0 spiro atoms. The molecule has 1 saturated heterocycles. The summed E-state index contributed by atoms with van der Waals surface area (Å²) in [5, 5.41) is 7.44. The lowest BCUT2D eigenvalue weighted by Gasteiger charge is -2.31. The standard InChI is InChI=1S/C25H33FN4O4/c1-5-34-24(33)17-7-6-14-29(16-17)23(32)13-12-22(31)27-21-15-20(25(2,3)4)28-30(21)19-10-8-18(26)9-11-19/h8-11,15,17H,5-7,12-14,16H2,1-4H3,(H,27,31).